The minimum absolute atomic E-state index is 0. The van der Waals surface area contributed by atoms with Crippen molar-refractivity contribution in [3.05, 3.63) is 54.4 Å². The maximum absolute atomic E-state index is 12.0. The fourth-order valence-corrected chi connectivity index (χ4v) is 2.10. The van der Waals surface area contributed by atoms with Gasteiger partial charge in [0.25, 0.3) is 0 Å². The van der Waals surface area contributed by atoms with Gasteiger partial charge in [-0.05, 0) is 30.2 Å². The molecule has 0 fully saturated rings. The van der Waals surface area contributed by atoms with Crippen LogP contribution in [0, 0.1) is 5.92 Å². The molecule has 1 atom stereocenters. The number of carbonyl (C=O) groups is 2. The predicted molar refractivity (Wildman–Crippen MR) is 114 cm³/mol. The third kappa shape index (κ3) is 8.56. The Bertz CT molecular complexity index is 745. The van der Waals surface area contributed by atoms with Crippen molar-refractivity contribution in [1.29, 1.82) is 0 Å². The lowest BCUT2D eigenvalue weighted by Crippen LogP contribution is -2.46. The molecule has 0 saturated carbocycles. The van der Waals surface area contributed by atoms with E-state index in [0.29, 0.717) is 18.0 Å². The van der Waals surface area contributed by atoms with E-state index in [1.54, 1.807) is 30.5 Å². The molecule has 2 rings (SSSR count). The Hall–Kier alpha value is -2.35. The lowest BCUT2D eigenvalue weighted by molar-refractivity contribution is -0.125. The number of nitrogens with zero attached hydrogens (tertiary/aromatic N) is 1. The lowest BCUT2D eigenvalue weighted by Gasteiger charge is -2.15. The highest BCUT2D eigenvalue weighted by atomic mass is 35.5. The van der Waals surface area contributed by atoms with Gasteiger partial charge in [0.05, 0.1) is 18.3 Å². The number of aromatic nitrogens is 1. The van der Waals surface area contributed by atoms with Gasteiger partial charge in [-0.15, -0.1) is 24.8 Å². The van der Waals surface area contributed by atoms with Crippen molar-refractivity contribution in [2.24, 2.45) is 11.7 Å². The van der Waals surface area contributed by atoms with Crippen molar-refractivity contribution < 1.29 is 14.3 Å². The zero-order valence-corrected chi connectivity index (χ0v) is 17.4. The Labute approximate surface area is 177 Å². The van der Waals surface area contributed by atoms with Crippen molar-refractivity contribution in [2.45, 2.75) is 26.5 Å². The molecule has 1 aromatic heterocycles. The van der Waals surface area contributed by atoms with Gasteiger partial charge >= 0.3 is 0 Å². The summed E-state index contributed by atoms with van der Waals surface area (Å²) in [6.07, 6.45) is 1.70. The van der Waals surface area contributed by atoms with Gasteiger partial charge in [-0.3, -0.25) is 14.6 Å². The number of pyridine rings is 1. The fourth-order valence-electron chi connectivity index (χ4n) is 2.10. The first-order valence-corrected chi connectivity index (χ1v) is 8.41. The molecular formula is C19H26Cl2N4O3. The normalized spacial score (nSPS) is 10.9. The van der Waals surface area contributed by atoms with Gasteiger partial charge in [0.1, 0.15) is 12.4 Å². The second-order valence-electron chi connectivity index (χ2n) is 6.17. The minimum Gasteiger partial charge on any atom is -0.487 e. The number of hydrogen-bond acceptors (Lipinski definition) is 5. The van der Waals surface area contributed by atoms with E-state index in [-0.39, 0.29) is 49.1 Å². The van der Waals surface area contributed by atoms with Gasteiger partial charge in [0.2, 0.25) is 11.8 Å². The van der Waals surface area contributed by atoms with Gasteiger partial charge in [-0.25, -0.2) is 0 Å². The molecule has 28 heavy (non-hydrogen) atoms. The average molecular weight is 429 g/mol. The van der Waals surface area contributed by atoms with Crippen molar-refractivity contribution in [3.63, 3.8) is 0 Å². The Morgan fingerprint density at radius 1 is 1.14 bits per heavy atom. The summed E-state index contributed by atoms with van der Waals surface area (Å²) >= 11 is 0. The van der Waals surface area contributed by atoms with E-state index < -0.39 is 6.04 Å². The second-order valence-corrected chi connectivity index (χ2v) is 6.17. The Kier molecular flexibility index (Phi) is 11.8. The zero-order valence-electron chi connectivity index (χ0n) is 15.8. The highest BCUT2D eigenvalue weighted by Gasteiger charge is 2.17. The summed E-state index contributed by atoms with van der Waals surface area (Å²) in [4.78, 5) is 27.9. The quantitative estimate of drug-likeness (QED) is 0.598. The maximum atomic E-state index is 12.0. The molecule has 0 aliphatic heterocycles. The van der Waals surface area contributed by atoms with Crippen LogP contribution in [0.15, 0.2) is 48.7 Å². The maximum Gasteiger partial charge on any atom is 0.243 e. The molecule has 0 radical (unpaired) electrons. The van der Waals surface area contributed by atoms with Crippen LogP contribution in [0.2, 0.25) is 0 Å². The van der Waals surface area contributed by atoms with E-state index in [4.69, 9.17) is 10.5 Å². The summed E-state index contributed by atoms with van der Waals surface area (Å²) in [5.41, 5.74) is 7.13. The van der Waals surface area contributed by atoms with Crippen LogP contribution in [0.5, 0.6) is 5.75 Å². The number of halogens is 2. The fraction of sp³-hybridized carbons (Fsp3) is 0.316. The first-order chi connectivity index (χ1) is 12.5. The zero-order chi connectivity index (χ0) is 18.9. The van der Waals surface area contributed by atoms with Crippen LogP contribution in [0.25, 0.3) is 0 Å². The summed E-state index contributed by atoms with van der Waals surface area (Å²) < 4.78 is 5.67. The summed E-state index contributed by atoms with van der Waals surface area (Å²) in [6, 6.07) is 12.0. The monoisotopic (exact) mass is 428 g/mol. The molecule has 0 saturated heterocycles. The molecule has 0 bridgehead atoms. The van der Waals surface area contributed by atoms with Gasteiger partial charge in [-0.2, -0.15) is 0 Å². The first kappa shape index (κ1) is 25.7. The molecule has 7 nitrogen and oxygen atoms in total. The standard InChI is InChI=1S/C19H24N4O3.2ClH/c1-13(2)18(20)19(25)22-11-17(24)23-14-7-5-8-16(10-14)26-12-15-6-3-4-9-21-15;;/h3-10,13,18H,11-12,20H2,1-2H3,(H,22,25)(H,23,24);2*1H/t18-;;/m0../s1. The molecule has 2 amide bonds. The molecule has 0 unspecified atom stereocenters. The number of ether oxygens (including phenoxy) is 1. The molecule has 9 heteroatoms. The Morgan fingerprint density at radius 3 is 2.54 bits per heavy atom. The van der Waals surface area contributed by atoms with Crippen molar-refractivity contribution in [1.82, 2.24) is 10.3 Å². The van der Waals surface area contributed by atoms with Crippen molar-refractivity contribution in [2.75, 3.05) is 11.9 Å². The predicted octanol–water partition coefficient (Wildman–Crippen LogP) is 2.54. The number of nitrogens with two attached hydrogens (primary N) is 1. The van der Waals surface area contributed by atoms with Crippen LogP contribution in [0.3, 0.4) is 0 Å². The highest BCUT2D eigenvalue weighted by Crippen LogP contribution is 2.18. The van der Waals surface area contributed by atoms with Crippen molar-refractivity contribution >= 4 is 42.3 Å². The SMILES string of the molecule is CC(C)[C@H](N)C(=O)NCC(=O)Nc1cccc(OCc2ccccn2)c1.Cl.Cl. The van der Waals surface area contributed by atoms with Gasteiger partial charge in [0, 0.05) is 18.0 Å². The van der Waals surface area contributed by atoms with E-state index in [9.17, 15) is 9.59 Å². The summed E-state index contributed by atoms with van der Waals surface area (Å²) in [6.45, 7) is 3.89. The topological polar surface area (TPSA) is 106 Å². The third-order valence-corrected chi connectivity index (χ3v) is 3.67. The number of nitrogens with one attached hydrogen (secondary N) is 2. The highest BCUT2D eigenvalue weighted by molar-refractivity contribution is 5.95. The second kappa shape index (κ2) is 12.9. The average Bonchev–Trinajstić information content (AvgIpc) is 2.65. The molecule has 154 valence electrons. The lowest BCUT2D eigenvalue weighted by atomic mass is 10.1. The van der Waals surface area contributed by atoms with Crippen LogP contribution in [0.4, 0.5) is 5.69 Å². The Morgan fingerprint density at radius 2 is 1.89 bits per heavy atom. The molecule has 1 heterocycles. The van der Waals surface area contributed by atoms with Crippen LogP contribution >= 0.6 is 24.8 Å². The van der Waals surface area contributed by atoms with Crippen LogP contribution in [0.1, 0.15) is 19.5 Å². The number of carbonyl (C=O) groups excluding carboxylic acids is 2. The molecule has 0 spiro atoms. The molecule has 0 aliphatic carbocycles. The smallest absolute Gasteiger partial charge is 0.243 e. The molecule has 2 aromatic rings. The van der Waals surface area contributed by atoms with E-state index >= 15 is 0 Å². The number of benzene rings is 1. The summed E-state index contributed by atoms with van der Waals surface area (Å²) in [7, 11) is 0. The molecule has 0 aliphatic rings. The number of anilines is 1. The van der Waals surface area contributed by atoms with Crippen LogP contribution in [-0.2, 0) is 16.2 Å². The van der Waals surface area contributed by atoms with E-state index in [2.05, 4.69) is 15.6 Å². The third-order valence-electron chi connectivity index (χ3n) is 3.67. The molecule has 4 N–H and O–H groups in total. The largest absolute Gasteiger partial charge is 0.487 e. The van der Waals surface area contributed by atoms with Crippen molar-refractivity contribution in [3.8, 4) is 5.75 Å². The van der Waals surface area contributed by atoms with Gasteiger partial charge in [0.15, 0.2) is 0 Å². The number of rotatable bonds is 8. The number of amides is 2. The van der Waals surface area contributed by atoms with Gasteiger partial charge < -0.3 is 21.1 Å². The molecular weight excluding hydrogens is 403 g/mol. The number of hydrogen-bond donors (Lipinski definition) is 3. The first-order valence-electron chi connectivity index (χ1n) is 8.41. The van der Waals surface area contributed by atoms with E-state index in [1.165, 1.54) is 0 Å². The van der Waals surface area contributed by atoms with E-state index in [1.807, 2.05) is 32.0 Å². The van der Waals surface area contributed by atoms with Gasteiger partial charge in [-0.1, -0.05) is 26.0 Å². The van der Waals surface area contributed by atoms with Crippen LogP contribution in [-0.4, -0.2) is 29.4 Å². The summed E-state index contributed by atoms with van der Waals surface area (Å²) in [5.74, 6) is -0.0657. The van der Waals surface area contributed by atoms with Crippen LogP contribution < -0.4 is 21.1 Å². The Balaban J connectivity index is 0.00000364. The van der Waals surface area contributed by atoms with E-state index in [0.717, 1.165) is 5.69 Å². The summed E-state index contributed by atoms with van der Waals surface area (Å²) in [5, 5.41) is 5.24. The minimum atomic E-state index is -0.633. The molecule has 1 aromatic carbocycles.